The van der Waals surface area contributed by atoms with Crippen molar-refractivity contribution >= 4 is 35.1 Å². The number of carbonyl (C=O) groups is 3. The average molecular weight is 390 g/mol. The third-order valence-corrected chi connectivity index (χ3v) is 3.96. The van der Waals surface area contributed by atoms with E-state index >= 15 is 0 Å². The number of ether oxygens (including phenoxy) is 1. The number of anilines is 1. The molecule has 0 saturated heterocycles. The summed E-state index contributed by atoms with van der Waals surface area (Å²) in [6.45, 7) is 4.54. The third kappa shape index (κ3) is 5.79. The Morgan fingerprint density at radius 3 is 2.48 bits per heavy atom. The number of benzene rings is 1. The fraction of sp³-hybridized carbons (Fsp3) is 0.263. The highest BCUT2D eigenvalue weighted by atomic mass is 35.5. The summed E-state index contributed by atoms with van der Waals surface area (Å²) in [5.74, 6) is -1.31. The Bertz CT molecular complexity index is 820. The first-order valence-electron chi connectivity index (χ1n) is 8.42. The Balaban J connectivity index is 1.93. The molecule has 0 spiro atoms. The van der Waals surface area contributed by atoms with Crippen molar-refractivity contribution in [2.24, 2.45) is 0 Å². The third-order valence-electron chi connectivity index (χ3n) is 3.74. The monoisotopic (exact) mass is 389 g/mol. The summed E-state index contributed by atoms with van der Waals surface area (Å²) in [4.78, 5) is 41.7. The summed E-state index contributed by atoms with van der Waals surface area (Å²) in [5, 5.41) is 2.86. The smallest absolute Gasteiger partial charge is 0.340 e. The Hall–Kier alpha value is -2.93. The van der Waals surface area contributed by atoms with Crippen LogP contribution in [0, 0.1) is 0 Å². The maximum absolute atomic E-state index is 12.4. The number of carbonyl (C=O) groups excluding carboxylic acids is 3. The summed E-state index contributed by atoms with van der Waals surface area (Å²) in [6.07, 6.45) is 1.27. The van der Waals surface area contributed by atoms with Gasteiger partial charge in [-0.2, -0.15) is 0 Å². The molecule has 0 aliphatic heterocycles. The van der Waals surface area contributed by atoms with E-state index in [9.17, 15) is 14.4 Å². The van der Waals surface area contributed by atoms with Gasteiger partial charge in [-0.15, -0.1) is 0 Å². The zero-order valence-electron chi connectivity index (χ0n) is 15.1. The lowest BCUT2D eigenvalue weighted by Crippen LogP contribution is -2.30. The largest absolute Gasteiger partial charge is 0.452 e. The van der Waals surface area contributed by atoms with Crippen LogP contribution in [-0.4, -0.2) is 47.4 Å². The van der Waals surface area contributed by atoms with Crippen molar-refractivity contribution in [3.05, 3.63) is 58.9 Å². The van der Waals surface area contributed by atoms with Crippen molar-refractivity contribution in [1.29, 1.82) is 0 Å². The van der Waals surface area contributed by atoms with E-state index < -0.39 is 18.5 Å². The van der Waals surface area contributed by atoms with Crippen molar-refractivity contribution in [2.45, 2.75) is 13.8 Å². The van der Waals surface area contributed by atoms with E-state index in [4.69, 9.17) is 16.3 Å². The molecule has 2 aromatic rings. The first kappa shape index (κ1) is 20.4. The van der Waals surface area contributed by atoms with Crippen LogP contribution < -0.4 is 5.32 Å². The summed E-state index contributed by atoms with van der Waals surface area (Å²) in [5.41, 5.74) is 1.11. The van der Waals surface area contributed by atoms with Crippen molar-refractivity contribution in [3.8, 4) is 0 Å². The van der Waals surface area contributed by atoms with Gasteiger partial charge in [-0.25, -0.2) is 9.78 Å². The number of hydrogen-bond donors (Lipinski definition) is 1. The molecule has 0 atom stereocenters. The van der Waals surface area contributed by atoms with Crippen molar-refractivity contribution < 1.29 is 19.1 Å². The second-order valence-corrected chi connectivity index (χ2v) is 5.94. The van der Waals surface area contributed by atoms with Crippen LogP contribution in [0.5, 0.6) is 0 Å². The SMILES string of the molecule is CCN(CC)C(=O)c1cccc(NC(=O)COC(=O)c2ccc(Cl)nc2)c1. The molecule has 0 radical (unpaired) electrons. The molecule has 0 saturated carbocycles. The lowest BCUT2D eigenvalue weighted by Gasteiger charge is -2.19. The lowest BCUT2D eigenvalue weighted by atomic mass is 10.1. The standard InChI is InChI=1S/C19H20ClN3O4/c1-3-23(4-2)18(25)13-6-5-7-15(10-13)22-17(24)12-27-19(26)14-8-9-16(20)21-11-14/h5-11H,3-4,12H2,1-2H3,(H,22,24). The van der Waals surface area contributed by atoms with E-state index in [1.807, 2.05) is 13.8 Å². The van der Waals surface area contributed by atoms with Crippen LogP contribution in [-0.2, 0) is 9.53 Å². The van der Waals surface area contributed by atoms with Gasteiger partial charge >= 0.3 is 5.97 Å². The lowest BCUT2D eigenvalue weighted by molar-refractivity contribution is -0.119. The fourth-order valence-electron chi connectivity index (χ4n) is 2.33. The normalized spacial score (nSPS) is 10.2. The second-order valence-electron chi connectivity index (χ2n) is 5.55. The summed E-state index contributed by atoms with van der Waals surface area (Å²) in [6, 6.07) is 9.52. The molecule has 7 nitrogen and oxygen atoms in total. The molecular weight excluding hydrogens is 370 g/mol. The molecule has 142 valence electrons. The molecule has 1 aromatic heterocycles. The van der Waals surface area contributed by atoms with Gasteiger partial charge in [0.15, 0.2) is 6.61 Å². The van der Waals surface area contributed by atoms with Crippen molar-refractivity contribution in [1.82, 2.24) is 9.88 Å². The molecule has 0 aliphatic rings. The van der Waals surface area contributed by atoms with E-state index in [-0.39, 0.29) is 16.6 Å². The van der Waals surface area contributed by atoms with Crippen LogP contribution in [0.25, 0.3) is 0 Å². The Kier molecular flexibility index (Phi) is 7.31. The number of esters is 1. The molecule has 1 N–H and O–H groups in total. The van der Waals surface area contributed by atoms with Crippen LogP contribution in [0.3, 0.4) is 0 Å². The molecule has 0 fully saturated rings. The van der Waals surface area contributed by atoms with Gasteiger partial charge in [-0.3, -0.25) is 9.59 Å². The van der Waals surface area contributed by atoms with E-state index in [1.54, 1.807) is 29.2 Å². The Labute approximate surface area is 162 Å². The number of halogens is 1. The number of nitrogens with one attached hydrogen (secondary N) is 1. The van der Waals surface area contributed by atoms with Crippen molar-refractivity contribution in [3.63, 3.8) is 0 Å². The second kappa shape index (κ2) is 9.68. The molecule has 0 aliphatic carbocycles. The van der Waals surface area contributed by atoms with Crippen LogP contribution in [0.1, 0.15) is 34.6 Å². The summed E-state index contributed by atoms with van der Waals surface area (Å²) >= 11 is 5.65. The van der Waals surface area contributed by atoms with Crippen molar-refractivity contribution in [2.75, 3.05) is 25.0 Å². The number of rotatable bonds is 7. The maximum Gasteiger partial charge on any atom is 0.340 e. The van der Waals surface area contributed by atoms with Crippen LogP contribution in [0.4, 0.5) is 5.69 Å². The first-order valence-corrected chi connectivity index (χ1v) is 8.80. The zero-order valence-corrected chi connectivity index (χ0v) is 15.8. The average Bonchev–Trinajstić information content (AvgIpc) is 2.67. The Morgan fingerprint density at radius 1 is 1.11 bits per heavy atom. The number of hydrogen-bond acceptors (Lipinski definition) is 5. The number of amides is 2. The van der Waals surface area contributed by atoms with E-state index in [1.165, 1.54) is 18.3 Å². The van der Waals surface area contributed by atoms with Gasteiger partial charge in [0.1, 0.15) is 5.15 Å². The van der Waals surface area contributed by atoms with Gasteiger partial charge in [-0.1, -0.05) is 17.7 Å². The predicted octanol–water partition coefficient (Wildman–Crippen LogP) is 3.01. The number of pyridine rings is 1. The van der Waals surface area contributed by atoms with E-state index in [0.717, 1.165) is 0 Å². The molecule has 1 heterocycles. The molecule has 0 bridgehead atoms. The molecule has 2 rings (SSSR count). The first-order chi connectivity index (χ1) is 12.9. The molecule has 8 heteroatoms. The van der Waals surface area contributed by atoms with Gasteiger partial charge in [0, 0.05) is 30.5 Å². The number of nitrogens with zero attached hydrogens (tertiary/aromatic N) is 2. The summed E-state index contributed by atoms with van der Waals surface area (Å²) < 4.78 is 4.94. The van der Waals surface area contributed by atoms with Gasteiger partial charge in [0.2, 0.25) is 0 Å². The molecular formula is C19H20ClN3O4. The number of aromatic nitrogens is 1. The Morgan fingerprint density at radius 2 is 1.85 bits per heavy atom. The van der Waals surface area contributed by atoms with Crippen LogP contribution >= 0.6 is 11.6 Å². The molecule has 2 amide bonds. The van der Waals surface area contributed by atoms with Crippen LogP contribution in [0.15, 0.2) is 42.6 Å². The highest BCUT2D eigenvalue weighted by molar-refractivity contribution is 6.29. The van der Waals surface area contributed by atoms with Gasteiger partial charge in [0.25, 0.3) is 11.8 Å². The summed E-state index contributed by atoms with van der Waals surface area (Å²) in [7, 11) is 0. The van der Waals surface area contributed by atoms with E-state index in [2.05, 4.69) is 10.3 Å². The maximum atomic E-state index is 12.4. The van der Waals surface area contributed by atoms with Gasteiger partial charge in [-0.05, 0) is 44.2 Å². The van der Waals surface area contributed by atoms with Gasteiger partial charge < -0.3 is 15.0 Å². The topological polar surface area (TPSA) is 88.6 Å². The minimum Gasteiger partial charge on any atom is -0.452 e. The highest BCUT2D eigenvalue weighted by Crippen LogP contribution is 2.13. The minimum absolute atomic E-state index is 0.113. The predicted molar refractivity (Wildman–Crippen MR) is 102 cm³/mol. The molecule has 27 heavy (non-hydrogen) atoms. The molecule has 1 aromatic carbocycles. The van der Waals surface area contributed by atoms with E-state index in [0.29, 0.717) is 24.3 Å². The van der Waals surface area contributed by atoms with Crippen LogP contribution in [0.2, 0.25) is 5.15 Å². The molecule has 0 unspecified atom stereocenters. The fourth-order valence-corrected chi connectivity index (χ4v) is 2.44. The highest BCUT2D eigenvalue weighted by Gasteiger charge is 2.14. The minimum atomic E-state index is -0.681. The quantitative estimate of drug-likeness (QED) is 0.580. The zero-order chi connectivity index (χ0) is 19.8. The van der Waals surface area contributed by atoms with Gasteiger partial charge in [0.05, 0.1) is 5.56 Å².